The molecule has 0 saturated heterocycles. The third-order valence-corrected chi connectivity index (χ3v) is 3.74. The molecule has 0 heterocycles. The fourth-order valence-corrected chi connectivity index (χ4v) is 3.01. The van der Waals surface area contributed by atoms with E-state index in [9.17, 15) is 9.59 Å². The highest BCUT2D eigenvalue weighted by Gasteiger charge is 2.18. The van der Waals surface area contributed by atoms with Gasteiger partial charge in [0.25, 0.3) is 0 Å². The van der Waals surface area contributed by atoms with Crippen LogP contribution in [0.1, 0.15) is 17.0 Å². The number of rotatable bonds is 4. The minimum atomic E-state index is -2.57. The fraction of sp³-hybridized carbons (Fsp3) is 0.143. The Morgan fingerprint density at radius 1 is 0.765 bits per heavy atom. The molecule has 0 aliphatic heterocycles. The van der Waals surface area contributed by atoms with Crippen molar-refractivity contribution < 1.29 is 9.59 Å². The first-order valence-electron chi connectivity index (χ1n) is 5.73. The maximum atomic E-state index is 9.34. The number of benzene rings is 2. The van der Waals surface area contributed by atoms with E-state index in [1.165, 1.54) is 0 Å². The van der Waals surface area contributed by atoms with Gasteiger partial charge in [0, 0.05) is 5.92 Å². The van der Waals surface area contributed by atoms with Crippen LogP contribution in [0.3, 0.4) is 0 Å². The van der Waals surface area contributed by atoms with Gasteiger partial charge in [-0.15, -0.1) is 0 Å². The van der Waals surface area contributed by atoms with Crippen LogP contribution in [0.2, 0.25) is 6.04 Å². The zero-order valence-electron chi connectivity index (χ0n) is 9.53. The zero-order valence-corrected chi connectivity index (χ0v) is 10.7. The van der Waals surface area contributed by atoms with E-state index >= 15 is 0 Å². The van der Waals surface area contributed by atoms with Crippen molar-refractivity contribution >= 4 is 9.28 Å². The fourth-order valence-electron chi connectivity index (χ4n) is 2.05. The molecule has 0 unspecified atom stereocenters. The lowest BCUT2D eigenvalue weighted by Crippen LogP contribution is -2.16. The minimum absolute atomic E-state index is 0.0871. The van der Waals surface area contributed by atoms with Crippen molar-refractivity contribution in [3.05, 3.63) is 71.8 Å². The summed E-state index contributed by atoms with van der Waals surface area (Å²) in [7, 11) is -2.57. The molecule has 2 nitrogen and oxygen atoms in total. The summed E-state index contributed by atoms with van der Waals surface area (Å²) >= 11 is 0. The van der Waals surface area contributed by atoms with E-state index in [-0.39, 0.29) is 5.92 Å². The highest BCUT2D eigenvalue weighted by molar-refractivity contribution is 6.41. The van der Waals surface area contributed by atoms with Gasteiger partial charge in [0.1, 0.15) is 0 Å². The Labute approximate surface area is 103 Å². The molecule has 17 heavy (non-hydrogen) atoms. The monoisotopic (exact) mass is 244 g/mol. The largest absolute Gasteiger partial charge is 0.413 e. The Bertz CT molecular complexity index is 403. The summed E-state index contributed by atoms with van der Waals surface area (Å²) in [5, 5.41) is 0. The molecular formula is C14H16O2Si. The van der Waals surface area contributed by atoms with Crippen LogP contribution >= 0.6 is 0 Å². The van der Waals surface area contributed by atoms with Crippen molar-refractivity contribution in [2.75, 3.05) is 0 Å². The molecule has 2 aromatic rings. The summed E-state index contributed by atoms with van der Waals surface area (Å²) in [5.41, 5.74) is 2.28. The SMILES string of the molecule is O[SiH](O)CC(c1ccccc1)c1ccccc1. The van der Waals surface area contributed by atoms with Gasteiger partial charge in [0.2, 0.25) is 0 Å². The molecule has 0 amide bonds. The van der Waals surface area contributed by atoms with Crippen LogP contribution in [0, 0.1) is 0 Å². The number of hydrogen-bond donors (Lipinski definition) is 2. The maximum Gasteiger partial charge on any atom is 0.316 e. The zero-order chi connectivity index (χ0) is 12.1. The molecule has 0 spiro atoms. The molecule has 0 aliphatic rings. The first kappa shape index (κ1) is 12.0. The lowest BCUT2D eigenvalue weighted by Gasteiger charge is -2.18. The third-order valence-electron chi connectivity index (χ3n) is 2.85. The maximum absolute atomic E-state index is 9.34. The van der Waals surface area contributed by atoms with Crippen LogP contribution < -0.4 is 0 Å². The predicted molar refractivity (Wildman–Crippen MR) is 71.1 cm³/mol. The molecule has 0 bridgehead atoms. The second-order valence-corrected chi connectivity index (χ2v) is 5.52. The standard InChI is InChI=1S/C14H16O2Si/c15-17(16)11-14(12-7-3-1-4-8-12)13-9-5-2-6-10-13/h1-10,14-17H,11H2. The molecule has 88 valence electrons. The molecule has 3 heteroatoms. The van der Waals surface area contributed by atoms with Gasteiger partial charge in [0.05, 0.1) is 0 Å². The molecule has 0 fully saturated rings. The van der Waals surface area contributed by atoms with Crippen molar-refractivity contribution in [2.45, 2.75) is 12.0 Å². The minimum Gasteiger partial charge on any atom is -0.413 e. The summed E-state index contributed by atoms with van der Waals surface area (Å²) in [6, 6.07) is 20.5. The van der Waals surface area contributed by atoms with E-state index < -0.39 is 9.28 Å². The van der Waals surface area contributed by atoms with Gasteiger partial charge in [-0.2, -0.15) is 0 Å². The van der Waals surface area contributed by atoms with E-state index in [0.717, 1.165) is 11.1 Å². The second kappa shape index (κ2) is 5.77. The first-order valence-corrected chi connectivity index (χ1v) is 7.58. The Morgan fingerprint density at radius 2 is 1.18 bits per heavy atom. The average Bonchev–Trinajstić information content (AvgIpc) is 2.38. The van der Waals surface area contributed by atoms with Gasteiger partial charge >= 0.3 is 9.28 Å². The lowest BCUT2D eigenvalue weighted by atomic mass is 9.93. The van der Waals surface area contributed by atoms with Gasteiger partial charge in [0.15, 0.2) is 0 Å². The molecule has 0 atom stereocenters. The number of hydrogen-bond acceptors (Lipinski definition) is 2. The van der Waals surface area contributed by atoms with Crippen LogP contribution in [0.4, 0.5) is 0 Å². The van der Waals surface area contributed by atoms with Gasteiger partial charge < -0.3 is 9.59 Å². The van der Waals surface area contributed by atoms with Gasteiger partial charge in [-0.1, -0.05) is 60.7 Å². The smallest absolute Gasteiger partial charge is 0.316 e. The molecule has 0 aromatic heterocycles. The van der Waals surface area contributed by atoms with Crippen molar-refractivity contribution in [1.82, 2.24) is 0 Å². The molecular weight excluding hydrogens is 228 g/mol. The second-order valence-electron chi connectivity index (χ2n) is 4.09. The Morgan fingerprint density at radius 3 is 1.53 bits per heavy atom. The van der Waals surface area contributed by atoms with E-state index in [4.69, 9.17) is 0 Å². The summed E-state index contributed by atoms with van der Waals surface area (Å²) in [6.07, 6.45) is 0. The Kier molecular flexibility index (Phi) is 4.09. The summed E-state index contributed by atoms with van der Waals surface area (Å²) in [4.78, 5) is 18.7. The van der Waals surface area contributed by atoms with Crippen LogP contribution in [-0.2, 0) is 0 Å². The third kappa shape index (κ3) is 3.26. The molecule has 2 aromatic carbocycles. The van der Waals surface area contributed by atoms with Crippen LogP contribution in [0.15, 0.2) is 60.7 Å². The Balaban J connectivity index is 2.32. The average molecular weight is 244 g/mol. The first-order chi connectivity index (χ1) is 8.27. The highest BCUT2D eigenvalue weighted by atomic mass is 28.3. The molecule has 0 saturated carbocycles. The van der Waals surface area contributed by atoms with E-state index in [1.54, 1.807) is 0 Å². The van der Waals surface area contributed by atoms with Crippen LogP contribution in [0.25, 0.3) is 0 Å². The molecule has 2 N–H and O–H groups in total. The normalized spacial score (nSPS) is 11.1. The van der Waals surface area contributed by atoms with Crippen LogP contribution in [-0.4, -0.2) is 18.9 Å². The highest BCUT2D eigenvalue weighted by Crippen LogP contribution is 2.28. The molecule has 0 aliphatic carbocycles. The predicted octanol–water partition coefficient (Wildman–Crippen LogP) is 2.02. The quantitative estimate of drug-likeness (QED) is 0.808. The lowest BCUT2D eigenvalue weighted by molar-refractivity contribution is 0.402. The summed E-state index contributed by atoms with van der Waals surface area (Å²) in [5.74, 6) is 0.0871. The van der Waals surface area contributed by atoms with Crippen molar-refractivity contribution in [3.8, 4) is 0 Å². The molecule has 2 rings (SSSR count). The van der Waals surface area contributed by atoms with E-state index in [0.29, 0.717) is 6.04 Å². The van der Waals surface area contributed by atoms with Crippen molar-refractivity contribution in [2.24, 2.45) is 0 Å². The van der Waals surface area contributed by atoms with Gasteiger partial charge in [-0.05, 0) is 17.2 Å². The summed E-state index contributed by atoms with van der Waals surface area (Å²) < 4.78 is 0. The van der Waals surface area contributed by atoms with Crippen molar-refractivity contribution in [1.29, 1.82) is 0 Å². The van der Waals surface area contributed by atoms with Crippen LogP contribution in [0.5, 0.6) is 0 Å². The topological polar surface area (TPSA) is 40.5 Å². The molecule has 0 radical (unpaired) electrons. The summed E-state index contributed by atoms with van der Waals surface area (Å²) in [6.45, 7) is 0. The van der Waals surface area contributed by atoms with Crippen molar-refractivity contribution in [3.63, 3.8) is 0 Å². The Hall–Kier alpha value is -1.42. The van der Waals surface area contributed by atoms with Gasteiger partial charge in [-0.25, -0.2) is 0 Å². The van der Waals surface area contributed by atoms with E-state index in [1.807, 2.05) is 60.7 Å². The van der Waals surface area contributed by atoms with E-state index in [2.05, 4.69) is 0 Å². The van der Waals surface area contributed by atoms with Gasteiger partial charge in [-0.3, -0.25) is 0 Å².